The zero-order chi connectivity index (χ0) is 20.8. The van der Waals surface area contributed by atoms with Crippen molar-refractivity contribution in [3.05, 3.63) is 28.2 Å². The Labute approximate surface area is 169 Å². The highest BCUT2D eigenvalue weighted by atomic mass is 16.5. The van der Waals surface area contributed by atoms with Crippen molar-refractivity contribution in [2.45, 2.75) is 32.1 Å². The van der Waals surface area contributed by atoms with E-state index in [1.807, 2.05) is 4.90 Å². The minimum absolute atomic E-state index is 0.0552. The minimum atomic E-state index is -0.366. The summed E-state index contributed by atoms with van der Waals surface area (Å²) in [6.45, 7) is 1.59. The number of likely N-dealkylation sites (tertiary alicyclic amines) is 1. The number of piperidine rings is 1. The molecule has 3 rings (SSSR count). The second-order valence-electron chi connectivity index (χ2n) is 6.80. The van der Waals surface area contributed by atoms with Gasteiger partial charge in [-0.1, -0.05) is 0 Å². The number of benzene rings is 1. The number of aromatic nitrogens is 3. The number of amides is 1. The van der Waals surface area contributed by atoms with Gasteiger partial charge in [0.25, 0.3) is 5.56 Å². The zero-order valence-electron chi connectivity index (χ0n) is 17.0. The van der Waals surface area contributed by atoms with Crippen molar-refractivity contribution < 1.29 is 19.0 Å². The van der Waals surface area contributed by atoms with E-state index in [1.54, 1.807) is 12.1 Å². The molecule has 0 bridgehead atoms. The minimum Gasteiger partial charge on any atom is -0.493 e. The Bertz CT molecular complexity index is 896. The van der Waals surface area contributed by atoms with Crippen LogP contribution in [0.15, 0.2) is 16.9 Å². The number of nitrogens with zero attached hydrogens (tertiary/aromatic N) is 3. The largest absolute Gasteiger partial charge is 0.493 e. The molecule has 2 heterocycles. The molecule has 1 N–H and O–H groups in total. The molecule has 1 aliphatic heterocycles. The molecule has 0 unspecified atom stereocenters. The number of ether oxygens (including phenoxy) is 3. The highest BCUT2D eigenvalue weighted by molar-refractivity contribution is 5.76. The van der Waals surface area contributed by atoms with E-state index in [1.165, 1.54) is 21.3 Å². The lowest BCUT2D eigenvalue weighted by atomic mass is 10.1. The molecule has 2 aromatic rings. The summed E-state index contributed by atoms with van der Waals surface area (Å²) in [6, 6.07) is 3.36. The average Bonchev–Trinajstić information content (AvgIpc) is 2.77. The third-order valence-electron chi connectivity index (χ3n) is 4.99. The Kier molecular flexibility index (Phi) is 6.69. The number of hydrogen-bond donors (Lipinski definition) is 1. The van der Waals surface area contributed by atoms with E-state index in [0.717, 1.165) is 32.4 Å². The van der Waals surface area contributed by atoms with Gasteiger partial charge in [-0.25, -0.2) is 0 Å². The maximum atomic E-state index is 12.5. The molecular formula is C20H26N4O5. The number of aryl methyl sites for hydroxylation is 1. The van der Waals surface area contributed by atoms with Gasteiger partial charge in [-0.2, -0.15) is 0 Å². The summed E-state index contributed by atoms with van der Waals surface area (Å²) in [4.78, 5) is 29.3. The third kappa shape index (κ3) is 4.67. The van der Waals surface area contributed by atoms with Gasteiger partial charge in [-0.05, 0) is 31.4 Å². The Balaban J connectivity index is 1.77. The van der Waals surface area contributed by atoms with Crippen LogP contribution in [0.25, 0.3) is 11.4 Å². The fraction of sp³-hybridized carbons (Fsp3) is 0.500. The van der Waals surface area contributed by atoms with Crippen molar-refractivity contribution in [2.24, 2.45) is 0 Å². The van der Waals surface area contributed by atoms with E-state index in [-0.39, 0.29) is 35.8 Å². The highest BCUT2D eigenvalue weighted by Gasteiger charge is 2.19. The summed E-state index contributed by atoms with van der Waals surface area (Å²) < 4.78 is 16.0. The lowest BCUT2D eigenvalue weighted by molar-refractivity contribution is -0.132. The summed E-state index contributed by atoms with van der Waals surface area (Å²) in [7, 11) is 4.54. The van der Waals surface area contributed by atoms with Crippen LogP contribution < -0.4 is 19.8 Å². The summed E-state index contributed by atoms with van der Waals surface area (Å²) in [6.07, 6.45) is 3.75. The third-order valence-corrected chi connectivity index (χ3v) is 4.99. The van der Waals surface area contributed by atoms with Gasteiger partial charge in [0.1, 0.15) is 5.69 Å². The number of H-pyrrole nitrogens is 1. The second kappa shape index (κ2) is 9.40. The van der Waals surface area contributed by atoms with Gasteiger partial charge in [-0.15, -0.1) is 10.2 Å². The lowest BCUT2D eigenvalue weighted by Gasteiger charge is -2.26. The van der Waals surface area contributed by atoms with Crippen LogP contribution in [0.1, 0.15) is 31.4 Å². The quantitative estimate of drug-likeness (QED) is 0.752. The Morgan fingerprint density at radius 3 is 2.24 bits per heavy atom. The molecule has 156 valence electrons. The van der Waals surface area contributed by atoms with Gasteiger partial charge >= 0.3 is 0 Å². The van der Waals surface area contributed by atoms with Crippen LogP contribution >= 0.6 is 0 Å². The monoisotopic (exact) mass is 402 g/mol. The number of nitrogens with one attached hydrogen (secondary N) is 1. The van der Waals surface area contributed by atoms with Crippen LogP contribution in [0, 0.1) is 0 Å². The van der Waals surface area contributed by atoms with Crippen LogP contribution in [-0.2, 0) is 11.2 Å². The molecule has 0 radical (unpaired) electrons. The SMILES string of the molecule is COc1cc(-c2nnc(CCC(=O)N3CCCCC3)c(=O)[nH]2)cc(OC)c1OC. The van der Waals surface area contributed by atoms with Gasteiger partial charge in [-0.3, -0.25) is 9.59 Å². The lowest BCUT2D eigenvalue weighted by Crippen LogP contribution is -2.36. The van der Waals surface area contributed by atoms with E-state index >= 15 is 0 Å². The van der Waals surface area contributed by atoms with Crippen molar-refractivity contribution in [3.63, 3.8) is 0 Å². The smallest absolute Gasteiger partial charge is 0.273 e. The molecule has 0 aliphatic carbocycles. The Hall–Kier alpha value is -3.10. The zero-order valence-corrected chi connectivity index (χ0v) is 17.0. The molecule has 1 amide bonds. The van der Waals surface area contributed by atoms with Crippen LogP contribution in [0.4, 0.5) is 0 Å². The van der Waals surface area contributed by atoms with E-state index in [2.05, 4.69) is 15.2 Å². The highest BCUT2D eigenvalue weighted by Crippen LogP contribution is 2.40. The van der Waals surface area contributed by atoms with Crippen molar-refractivity contribution in [1.82, 2.24) is 20.1 Å². The number of aromatic amines is 1. The van der Waals surface area contributed by atoms with Crippen molar-refractivity contribution in [2.75, 3.05) is 34.4 Å². The molecule has 1 aliphatic rings. The van der Waals surface area contributed by atoms with Gasteiger partial charge in [0, 0.05) is 31.5 Å². The summed E-state index contributed by atoms with van der Waals surface area (Å²) in [5.74, 6) is 1.67. The number of hydrogen-bond acceptors (Lipinski definition) is 7. The molecule has 1 fully saturated rings. The van der Waals surface area contributed by atoms with E-state index in [0.29, 0.717) is 22.8 Å². The average molecular weight is 402 g/mol. The molecule has 0 saturated carbocycles. The first kappa shape index (κ1) is 20.6. The Morgan fingerprint density at radius 2 is 1.69 bits per heavy atom. The number of rotatable bonds is 7. The number of methoxy groups -OCH3 is 3. The number of carbonyl (C=O) groups is 1. The molecule has 0 spiro atoms. The predicted molar refractivity (Wildman–Crippen MR) is 106 cm³/mol. The second-order valence-corrected chi connectivity index (χ2v) is 6.80. The molecule has 1 saturated heterocycles. The normalized spacial score (nSPS) is 13.8. The van der Waals surface area contributed by atoms with Crippen LogP contribution in [0.5, 0.6) is 17.2 Å². The molecular weight excluding hydrogens is 376 g/mol. The predicted octanol–water partition coefficient (Wildman–Crippen LogP) is 1.80. The standard InChI is InChI=1S/C20H26N4O5/c1-27-15-11-13(12-16(28-2)18(15)29-3)19-21-20(26)14(22-23-19)7-8-17(25)24-9-5-4-6-10-24/h11-12H,4-10H2,1-3H3,(H,21,23,26). The molecule has 9 heteroatoms. The van der Waals surface area contributed by atoms with Crippen LogP contribution in [-0.4, -0.2) is 60.4 Å². The van der Waals surface area contributed by atoms with Crippen molar-refractivity contribution >= 4 is 5.91 Å². The maximum absolute atomic E-state index is 12.5. The Morgan fingerprint density at radius 1 is 1.03 bits per heavy atom. The van der Waals surface area contributed by atoms with Crippen LogP contribution in [0.2, 0.25) is 0 Å². The number of carbonyl (C=O) groups excluding carboxylic acids is 1. The van der Waals surface area contributed by atoms with Crippen molar-refractivity contribution in [3.8, 4) is 28.6 Å². The van der Waals surface area contributed by atoms with E-state index in [9.17, 15) is 9.59 Å². The van der Waals surface area contributed by atoms with Crippen LogP contribution in [0.3, 0.4) is 0 Å². The van der Waals surface area contributed by atoms with Crippen molar-refractivity contribution in [1.29, 1.82) is 0 Å². The van der Waals surface area contributed by atoms with Gasteiger partial charge < -0.3 is 24.1 Å². The van der Waals surface area contributed by atoms with Gasteiger partial charge in [0.15, 0.2) is 17.3 Å². The topological polar surface area (TPSA) is 107 Å². The maximum Gasteiger partial charge on any atom is 0.273 e. The van der Waals surface area contributed by atoms with Gasteiger partial charge in [0.2, 0.25) is 11.7 Å². The van der Waals surface area contributed by atoms with E-state index < -0.39 is 0 Å². The first-order chi connectivity index (χ1) is 14.1. The molecule has 0 atom stereocenters. The molecule has 1 aromatic carbocycles. The van der Waals surface area contributed by atoms with E-state index in [4.69, 9.17) is 14.2 Å². The first-order valence-corrected chi connectivity index (χ1v) is 9.61. The first-order valence-electron chi connectivity index (χ1n) is 9.61. The summed E-state index contributed by atoms with van der Waals surface area (Å²) >= 11 is 0. The molecule has 9 nitrogen and oxygen atoms in total. The molecule has 1 aromatic heterocycles. The summed E-state index contributed by atoms with van der Waals surface area (Å²) in [5, 5.41) is 8.17. The fourth-order valence-electron chi connectivity index (χ4n) is 3.40. The molecule has 29 heavy (non-hydrogen) atoms. The van der Waals surface area contributed by atoms with Gasteiger partial charge in [0.05, 0.1) is 21.3 Å². The fourth-order valence-corrected chi connectivity index (χ4v) is 3.40. The summed E-state index contributed by atoms with van der Waals surface area (Å²) in [5.41, 5.74) is 0.446.